The predicted octanol–water partition coefficient (Wildman–Crippen LogP) is 3.74. The molecule has 0 aliphatic heterocycles. The molecule has 0 atom stereocenters. The van der Waals surface area contributed by atoms with Gasteiger partial charge in [-0.25, -0.2) is 4.79 Å². The molecule has 0 unspecified atom stereocenters. The number of hydrogen-bond donors (Lipinski definition) is 1. The van der Waals surface area contributed by atoms with Gasteiger partial charge in [-0.2, -0.15) is 0 Å². The summed E-state index contributed by atoms with van der Waals surface area (Å²) in [5.41, 5.74) is 0.802. The summed E-state index contributed by atoms with van der Waals surface area (Å²) in [7, 11) is 0. The lowest BCUT2D eigenvalue weighted by Crippen LogP contribution is -2.27. The van der Waals surface area contributed by atoms with Crippen LogP contribution in [0.3, 0.4) is 0 Å². The van der Waals surface area contributed by atoms with Crippen molar-refractivity contribution < 1.29 is 9.53 Å². The smallest absolute Gasteiger partial charge is 0.412 e. The van der Waals surface area contributed by atoms with Crippen LogP contribution in [0.4, 0.5) is 10.5 Å². The van der Waals surface area contributed by atoms with Gasteiger partial charge in [-0.3, -0.25) is 15.3 Å². The number of amides is 1. The van der Waals surface area contributed by atoms with Gasteiger partial charge in [0.25, 0.3) is 0 Å². The Labute approximate surface area is 119 Å². The molecule has 0 fully saturated rings. The van der Waals surface area contributed by atoms with Crippen LogP contribution < -0.4 is 5.32 Å². The predicted molar refractivity (Wildman–Crippen MR) is 77.1 cm³/mol. The second-order valence-electron chi connectivity index (χ2n) is 5.04. The standard InChI is InChI=1S/C13H14BrN3O2/c1-13(2,3)19-12(18)17-8-4-9-10(14)6-15-7-11(9)16-5-8/h4-7H,1-3H3,(H,17,18). The van der Waals surface area contributed by atoms with Crippen LogP contribution >= 0.6 is 15.9 Å². The van der Waals surface area contributed by atoms with Crippen molar-refractivity contribution in [2.24, 2.45) is 0 Å². The lowest BCUT2D eigenvalue weighted by atomic mass is 10.2. The van der Waals surface area contributed by atoms with Crippen molar-refractivity contribution in [1.29, 1.82) is 0 Å². The second kappa shape index (κ2) is 5.13. The zero-order chi connectivity index (χ0) is 14.0. The van der Waals surface area contributed by atoms with Crippen molar-refractivity contribution in [2.75, 3.05) is 5.32 Å². The van der Waals surface area contributed by atoms with E-state index in [9.17, 15) is 4.79 Å². The van der Waals surface area contributed by atoms with Gasteiger partial charge in [-0.05, 0) is 42.8 Å². The van der Waals surface area contributed by atoms with Crippen LogP contribution in [0.25, 0.3) is 10.9 Å². The average Bonchev–Trinajstić information content (AvgIpc) is 2.27. The Morgan fingerprint density at radius 3 is 2.74 bits per heavy atom. The topological polar surface area (TPSA) is 64.1 Å². The van der Waals surface area contributed by atoms with Gasteiger partial charge in [0.1, 0.15) is 5.60 Å². The molecule has 5 nitrogen and oxygen atoms in total. The highest BCUT2D eigenvalue weighted by atomic mass is 79.9. The number of carbonyl (C=O) groups excluding carboxylic acids is 1. The molecule has 2 aromatic heterocycles. The molecule has 2 rings (SSSR count). The number of anilines is 1. The molecule has 1 N–H and O–H groups in total. The van der Waals surface area contributed by atoms with Crippen molar-refractivity contribution in [3.8, 4) is 0 Å². The van der Waals surface area contributed by atoms with Crippen molar-refractivity contribution in [3.05, 3.63) is 29.1 Å². The van der Waals surface area contributed by atoms with Gasteiger partial charge in [0.05, 0.1) is 23.6 Å². The van der Waals surface area contributed by atoms with Gasteiger partial charge in [0.2, 0.25) is 0 Å². The van der Waals surface area contributed by atoms with Crippen molar-refractivity contribution in [1.82, 2.24) is 9.97 Å². The van der Waals surface area contributed by atoms with Crippen LogP contribution in [0.15, 0.2) is 29.1 Å². The average molecular weight is 324 g/mol. The number of nitrogens with zero attached hydrogens (tertiary/aromatic N) is 2. The second-order valence-corrected chi connectivity index (χ2v) is 5.89. The molecule has 0 radical (unpaired) electrons. The Bertz CT molecular complexity index is 623. The SMILES string of the molecule is CC(C)(C)OC(=O)Nc1cnc2cncc(Br)c2c1. The fourth-order valence-electron chi connectivity index (χ4n) is 1.50. The fourth-order valence-corrected chi connectivity index (χ4v) is 1.94. The molecule has 0 aromatic carbocycles. The van der Waals surface area contributed by atoms with Crippen LogP contribution in [-0.4, -0.2) is 21.7 Å². The van der Waals surface area contributed by atoms with Crippen molar-refractivity contribution in [2.45, 2.75) is 26.4 Å². The summed E-state index contributed by atoms with van der Waals surface area (Å²) in [4.78, 5) is 19.9. The first-order valence-electron chi connectivity index (χ1n) is 5.74. The third-order valence-corrected chi connectivity index (χ3v) is 2.84. The summed E-state index contributed by atoms with van der Waals surface area (Å²) in [5.74, 6) is 0. The van der Waals surface area contributed by atoms with Crippen molar-refractivity contribution >= 4 is 38.6 Å². The minimum atomic E-state index is -0.529. The zero-order valence-corrected chi connectivity index (χ0v) is 12.5. The third-order valence-electron chi connectivity index (χ3n) is 2.21. The highest BCUT2D eigenvalue weighted by Crippen LogP contribution is 2.23. The molecule has 0 aliphatic carbocycles. The van der Waals surface area contributed by atoms with Crippen molar-refractivity contribution in [3.63, 3.8) is 0 Å². The van der Waals surface area contributed by atoms with E-state index < -0.39 is 11.7 Å². The van der Waals surface area contributed by atoms with Crippen LogP contribution in [0.1, 0.15) is 20.8 Å². The first kappa shape index (κ1) is 13.7. The molecule has 0 saturated carbocycles. The number of fused-ring (bicyclic) bond motifs is 1. The highest BCUT2D eigenvalue weighted by molar-refractivity contribution is 9.10. The summed E-state index contributed by atoms with van der Waals surface area (Å²) in [5, 5.41) is 3.53. The molecular weight excluding hydrogens is 310 g/mol. The van der Waals surface area contributed by atoms with Crippen LogP contribution in [0.5, 0.6) is 0 Å². The van der Waals surface area contributed by atoms with E-state index in [4.69, 9.17) is 4.74 Å². The summed E-state index contributed by atoms with van der Waals surface area (Å²) >= 11 is 3.40. The van der Waals surface area contributed by atoms with E-state index in [1.54, 1.807) is 18.6 Å². The maximum absolute atomic E-state index is 11.7. The number of hydrogen-bond acceptors (Lipinski definition) is 4. The Morgan fingerprint density at radius 2 is 2.05 bits per heavy atom. The Kier molecular flexibility index (Phi) is 3.71. The fraction of sp³-hybridized carbons (Fsp3) is 0.308. The molecule has 0 spiro atoms. The van der Waals surface area contributed by atoms with Crippen LogP contribution in [0.2, 0.25) is 0 Å². The maximum atomic E-state index is 11.7. The molecular formula is C13H14BrN3O2. The van der Waals surface area contributed by atoms with Gasteiger partial charge < -0.3 is 4.74 Å². The monoisotopic (exact) mass is 323 g/mol. The number of halogens is 1. The molecule has 2 heterocycles. The largest absolute Gasteiger partial charge is 0.444 e. The Hall–Kier alpha value is -1.69. The van der Waals surface area contributed by atoms with Crippen LogP contribution in [-0.2, 0) is 4.74 Å². The van der Waals surface area contributed by atoms with E-state index in [-0.39, 0.29) is 0 Å². The number of nitrogens with one attached hydrogen (secondary N) is 1. The van der Waals surface area contributed by atoms with Gasteiger partial charge in [0, 0.05) is 16.1 Å². The van der Waals surface area contributed by atoms with E-state index in [0.717, 1.165) is 15.4 Å². The third kappa shape index (κ3) is 3.64. The van der Waals surface area contributed by atoms with E-state index in [1.165, 1.54) is 0 Å². The molecule has 100 valence electrons. The first-order chi connectivity index (χ1) is 8.85. The van der Waals surface area contributed by atoms with Gasteiger partial charge in [-0.1, -0.05) is 0 Å². The van der Waals surface area contributed by atoms with Gasteiger partial charge in [-0.15, -0.1) is 0 Å². The Balaban J connectivity index is 2.22. The minimum absolute atomic E-state index is 0.501. The summed E-state index contributed by atoms with van der Waals surface area (Å²) in [6.07, 6.45) is 4.41. The Morgan fingerprint density at radius 1 is 1.32 bits per heavy atom. The van der Waals surface area contributed by atoms with Crippen LogP contribution in [0, 0.1) is 0 Å². The molecule has 1 amide bonds. The van der Waals surface area contributed by atoms with E-state index in [2.05, 4.69) is 31.2 Å². The molecule has 0 saturated heterocycles. The summed E-state index contributed by atoms with van der Waals surface area (Å²) in [6, 6.07) is 1.82. The number of rotatable bonds is 1. The quantitative estimate of drug-likeness (QED) is 0.868. The minimum Gasteiger partial charge on any atom is -0.444 e. The summed E-state index contributed by atoms with van der Waals surface area (Å²) < 4.78 is 6.01. The molecule has 19 heavy (non-hydrogen) atoms. The number of ether oxygens (including phenoxy) is 1. The van der Waals surface area contributed by atoms with E-state index in [1.807, 2.05) is 26.8 Å². The van der Waals surface area contributed by atoms with E-state index in [0.29, 0.717) is 5.69 Å². The normalized spacial score (nSPS) is 11.4. The van der Waals surface area contributed by atoms with Gasteiger partial charge >= 0.3 is 6.09 Å². The van der Waals surface area contributed by atoms with E-state index >= 15 is 0 Å². The molecule has 2 aromatic rings. The zero-order valence-electron chi connectivity index (χ0n) is 10.9. The van der Waals surface area contributed by atoms with Gasteiger partial charge in [0.15, 0.2) is 0 Å². The number of pyridine rings is 2. The lowest BCUT2D eigenvalue weighted by molar-refractivity contribution is 0.0636. The number of carbonyl (C=O) groups is 1. The molecule has 6 heteroatoms. The number of aromatic nitrogens is 2. The molecule has 0 bridgehead atoms. The summed E-state index contributed by atoms with van der Waals surface area (Å²) in [6.45, 7) is 5.44. The maximum Gasteiger partial charge on any atom is 0.412 e. The lowest BCUT2D eigenvalue weighted by Gasteiger charge is -2.19. The molecule has 0 aliphatic rings. The first-order valence-corrected chi connectivity index (χ1v) is 6.54. The highest BCUT2D eigenvalue weighted by Gasteiger charge is 2.16.